The second-order valence-electron chi connectivity index (χ2n) is 11.9. The largest absolute Gasteiger partial charge is 0.398 e. The van der Waals surface area contributed by atoms with E-state index in [1.54, 1.807) is 6.92 Å². The van der Waals surface area contributed by atoms with Crippen molar-refractivity contribution in [2.45, 2.75) is 65.1 Å². The van der Waals surface area contributed by atoms with E-state index in [1.165, 1.54) is 36.0 Å². The fourth-order valence-corrected chi connectivity index (χ4v) is 5.83. The molecule has 1 aliphatic heterocycles. The van der Waals surface area contributed by atoms with Crippen molar-refractivity contribution >= 4 is 113 Å². The van der Waals surface area contributed by atoms with Gasteiger partial charge >= 0.3 is 0 Å². The van der Waals surface area contributed by atoms with Crippen molar-refractivity contribution in [3.8, 4) is 0 Å². The molecule has 0 aromatic carbocycles. The second kappa shape index (κ2) is 10.4. The van der Waals surface area contributed by atoms with Gasteiger partial charge in [0.05, 0.1) is 80.2 Å². The Morgan fingerprint density at radius 2 is 1.49 bits per heavy atom. The van der Waals surface area contributed by atoms with Gasteiger partial charge < -0.3 is 25.7 Å². The summed E-state index contributed by atoms with van der Waals surface area (Å²) in [4.78, 5) is 40.3. The van der Waals surface area contributed by atoms with Crippen LogP contribution in [-0.4, -0.2) is 146 Å². The normalized spacial score (nSPS) is 28.1. The molecule has 4 heterocycles. The number of piperazine rings is 1. The third kappa shape index (κ3) is 5.13. The molecule has 2 fully saturated rings. The zero-order valence-corrected chi connectivity index (χ0v) is 24.5. The first kappa shape index (κ1) is 33.6. The van der Waals surface area contributed by atoms with E-state index >= 15 is 0 Å². The van der Waals surface area contributed by atoms with E-state index in [-0.39, 0.29) is 41.5 Å². The van der Waals surface area contributed by atoms with E-state index in [2.05, 4.69) is 25.6 Å². The molecule has 1 saturated carbocycles. The summed E-state index contributed by atoms with van der Waals surface area (Å²) < 4.78 is 1.18. The maximum atomic E-state index is 13.6. The van der Waals surface area contributed by atoms with Crippen molar-refractivity contribution in [3.63, 3.8) is 0 Å². The van der Waals surface area contributed by atoms with Gasteiger partial charge in [-0.1, -0.05) is 10.7 Å². The van der Waals surface area contributed by atoms with Crippen LogP contribution in [0.3, 0.4) is 0 Å². The highest BCUT2D eigenvalue weighted by molar-refractivity contribution is 6.62. The van der Waals surface area contributed by atoms with Crippen LogP contribution in [0.15, 0.2) is 29.3 Å². The molecular formula is C24H19B10N7O4. The number of aromatic nitrogens is 4. The van der Waals surface area contributed by atoms with Crippen LogP contribution >= 0.6 is 0 Å². The summed E-state index contributed by atoms with van der Waals surface area (Å²) in [6, 6.07) is 2.02. The predicted octanol–water partition coefficient (Wildman–Crippen LogP) is -4.14. The molecule has 11 nitrogen and oxygen atoms in total. The Bertz CT molecular complexity index is 1720. The Morgan fingerprint density at radius 1 is 0.933 bits per heavy atom. The topological polar surface area (TPSA) is 146 Å². The molecule has 20 radical (unpaired) electrons. The molecule has 0 amide bonds. The Hall–Kier alpha value is -2.76. The molecule has 4 N–H and O–H groups in total. The summed E-state index contributed by atoms with van der Waals surface area (Å²) in [6.45, 7) is 2.84. The van der Waals surface area contributed by atoms with Crippen LogP contribution in [0, 0.1) is 6.92 Å². The number of carbonyl (C=O) groups excluding carboxylic acids is 1. The minimum Gasteiger partial charge on any atom is -0.398 e. The number of Topliss-reactive ketones (excluding diaryl/α,β-unsaturated/α-hetero) is 1. The van der Waals surface area contributed by atoms with Crippen molar-refractivity contribution in [2.75, 3.05) is 10.2 Å². The van der Waals surface area contributed by atoms with Gasteiger partial charge in [0.1, 0.15) is 27.2 Å². The van der Waals surface area contributed by atoms with Crippen molar-refractivity contribution in [2.24, 2.45) is 0 Å². The van der Waals surface area contributed by atoms with Crippen molar-refractivity contribution in [1.82, 2.24) is 24.8 Å². The number of carbonyl (C=O) groups is 1. The zero-order valence-electron chi connectivity index (χ0n) is 24.5. The first-order valence-corrected chi connectivity index (χ1v) is 13.5. The molecule has 204 valence electrons. The maximum Gasteiger partial charge on any atom is 0.263 e. The number of rotatable bonds is 5. The summed E-state index contributed by atoms with van der Waals surface area (Å²) in [6.07, 6.45) is 2.09. The molecule has 2 atom stereocenters. The molecule has 45 heavy (non-hydrogen) atoms. The van der Waals surface area contributed by atoms with Crippen LogP contribution < -0.4 is 21.1 Å². The van der Waals surface area contributed by atoms with Crippen LogP contribution in [-0.2, 0) is 0 Å². The van der Waals surface area contributed by atoms with E-state index in [4.69, 9.17) is 78.5 Å². The average Bonchev–Trinajstić information content (AvgIpc) is 3.09. The van der Waals surface area contributed by atoms with Gasteiger partial charge in [0.2, 0.25) is 5.95 Å². The van der Waals surface area contributed by atoms with Crippen molar-refractivity contribution in [1.29, 1.82) is 0 Å². The number of nitrogens with one attached hydrogen (secondary N) is 2. The number of nitrogens with zero attached hydrogens (tertiary/aromatic N) is 5. The SMILES string of the molecule is [B]C1(O)CC(n2c(=O)c(C(C)=O)c(C)c3cnc(Nc4ccc(N5C([B])([B])C([B])([B])NC([B])([B])C5([B])[B])cn4)nc32)CC1([B])O. The zero-order chi connectivity index (χ0) is 33.7. The smallest absolute Gasteiger partial charge is 0.263 e. The first-order chi connectivity index (χ1) is 20.4. The highest BCUT2D eigenvalue weighted by Crippen LogP contribution is 2.43. The lowest BCUT2D eigenvalue weighted by molar-refractivity contribution is -0.0207. The van der Waals surface area contributed by atoms with Gasteiger partial charge in [0.15, 0.2) is 5.78 Å². The molecule has 3 aromatic rings. The number of hydrogen-bond donors (Lipinski definition) is 4. The van der Waals surface area contributed by atoms with Gasteiger partial charge in [-0.15, -0.1) is 0 Å². The first-order valence-electron chi connectivity index (χ1n) is 13.5. The Kier molecular flexibility index (Phi) is 7.74. The predicted molar refractivity (Wildman–Crippen MR) is 178 cm³/mol. The molecule has 1 saturated heterocycles. The van der Waals surface area contributed by atoms with E-state index < -0.39 is 49.7 Å². The van der Waals surface area contributed by atoms with Crippen molar-refractivity contribution < 1.29 is 15.0 Å². The van der Waals surface area contributed by atoms with Crippen LogP contribution in [0.2, 0.25) is 0 Å². The van der Waals surface area contributed by atoms with E-state index in [9.17, 15) is 19.8 Å². The molecule has 21 heteroatoms. The quantitative estimate of drug-likeness (QED) is 0.174. The Morgan fingerprint density at radius 3 is 1.98 bits per heavy atom. The number of aliphatic hydroxyl groups is 2. The molecule has 0 spiro atoms. The van der Waals surface area contributed by atoms with Gasteiger partial charge in [0, 0.05) is 28.6 Å². The fraction of sp³-hybridized carbons (Fsp3) is 0.458. The minimum absolute atomic E-state index is 0.0121. The molecular weight excluding hydrogens is 558 g/mol. The van der Waals surface area contributed by atoms with Gasteiger partial charge in [-0.3, -0.25) is 14.2 Å². The molecule has 0 bridgehead atoms. The molecule has 3 aromatic heterocycles. The number of anilines is 3. The molecule has 2 unspecified atom stereocenters. The van der Waals surface area contributed by atoms with Crippen molar-refractivity contribution in [3.05, 3.63) is 46.0 Å². The van der Waals surface area contributed by atoms with Crippen LogP contribution in [0.25, 0.3) is 11.0 Å². The maximum absolute atomic E-state index is 13.6. The summed E-state index contributed by atoms with van der Waals surface area (Å²) in [5.41, 5.74) is -4.65. The standard InChI is InChI=1S/C24H19B10N7O4/c1-9-13-8-36-18(38-16(13)40(17(43)15(9)10(2)42)12-5-19(25,44)20(26,45)6-12)37-14-4-3-11(7-35-14)41-23(31,32)21(27,28)39-22(29,30)24(41,33)34/h3-4,7-8,12,39,44-45H,5-6H2,1-2H3,(H,35,36,37,38). The lowest BCUT2D eigenvalue weighted by Gasteiger charge is -2.71. The minimum atomic E-state index is -2.22. The highest BCUT2D eigenvalue weighted by Gasteiger charge is 2.55. The van der Waals surface area contributed by atoms with E-state index in [0.29, 0.717) is 10.9 Å². The lowest BCUT2D eigenvalue weighted by atomic mass is 9.27. The van der Waals surface area contributed by atoms with Gasteiger partial charge in [0.25, 0.3) is 5.56 Å². The molecule has 2 aliphatic rings. The number of hydrogen-bond acceptors (Lipinski definition) is 10. The summed E-state index contributed by atoms with van der Waals surface area (Å²) >= 11 is 0. The van der Waals surface area contributed by atoms with Crippen LogP contribution in [0.1, 0.15) is 41.7 Å². The van der Waals surface area contributed by atoms with Crippen LogP contribution in [0.5, 0.6) is 0 Å². The van der Waals surface area contributed by atoms with Gasteiger partial charge in [-0.05, 0) is 55.1 Å². The third-order valence-electron chi connectivity index (χ3n) is 8.49. The molecule has 1 aliphatic carbocycles. The Balaban J connectivity index is 1.55. The summed E-state index contributed by atoms with van der Waals surface area (Å²) in [7, 11) is 61.0. The van der Waals surface area contributed by atoms with Crippen LogP contribution in [0.4, 0.5) is 17.5 Å². The monoisotopic (exact) mass is 579 g/mol. The van der Waals surface area contributed by atoms with Gasteiger partial charge in [-0.25, -0.2) is 9.97 Å². The van der Waals surface area contributed by atoms with E-state index in [0.717, 1.165) is 4.90 Å². The number of pyridine rings is 2. The fourth-order valence-electron chi connectivity index (χ4n) is 5.83. The van der Waals surface area contributed by atoms with E-state index in [1.807, 2.05) is 0 Å². The second-order valence-corrected chi connectivity index (χ2v) is 11.9. The summed E-state index contributed by atoms with van der Waals surface area (Å²) in [5.74, 6) is -0.304. The highest BCUT2D eigenvalue weighted by atomic mass is 16.3. The Labute approximate surface area is 273 Å². The number of ketones is 1. The summed E-state index contributed by atoms with van der Waals surface area (Å²) in [5, 5.41) is 18.4. The average molecular weight is 578 g/mol. The molecule has 5 rings (SSSR count). The van der Waals surface area contributed by atoms with Gasteiger partial charge in [-0.2, -0.15) is 4.98 Å². The number of fused-ring (bicyclic) bond motifs is 1. The third-order valence-corrected chi connectivity index (χ3v) is 8.49. The lowest BCUT2D eigenvalue weighted by Crippen LogP contribution is -2.92. The number of aryl methyl sites for hydroxylation is 1.